The maximum atomic E-state index is 11.8. The first-order valence-corrected chi connectivity index (χ1v) is 8.47. The van der Waals surface area contributed by atoms with Crippen LogP contribution in [0, 0.1) is 12.8 Å². The number of ketones is 1. The van der Waals surface area contributed by atoms with Gasteiger partial charge in [0, 0.05) is 11.8 Å². The molecule has 110 valence electrons. The van der Waals surface area contributed by atoms with Crippen molar-refractivity contribution in [3.8, 4) is 0 Å². The van der Waals surface area contributed by atoms with E-state index in [0.29, 0.717) is 10.5 Å². The smallest absolute Gasteiger partial charge is 0.175 e. The minimum Gasteiger partial charge on any atom is -0.295 e. The van der Waals surface area contributed by atoms with Crippen LogP contribution in [-0.2, 0) is 14.6 Å². The summed E-state index contributed by atoms with van der Waals surface area (Å²) >= 11 is 0. The van der Waals surface area contributed by atoms with Gasteiger partial charge in [0.05, 0.1) is 4.90 Å². The van der Waals surface area contributed by atoms with Crippen molar-refractivity contribution in [2.24, 2.45) is 5.92 Å². The van der Waals surface area contributed by atoms with Crippen molar-refractivity contribution in [3.63, 3.8) is 0 Å². The fraction of sp³-hybridized carbons (Fsp3) is 0.438. The molecule has 20 heavy (non-hydrogen) atoms. The summed E-state index contributed by atoms with van der Waals surface area (Å²) in [6.45, 7) is 9.22. The van der Waals surface area contributed by atoms with Crippen LogP contribution in [0.4, 0.5) is 0 Å². The average Bonchev–Trinajstić information content (AvgIpc) is 2.25. The van der Waals surface area contributed by atoms with E-state index in [9.17, 15) is 13.2 Å². The number of carbonyl (C=O) groups excluding carboxylic acids is 1. The monoisotopic (exact) mass is 294 g/mol. The molecule has 4 heteroatoms. The highest BCUT2D eigenvalue weighted by Crippen LogP contribution is 2.27. The molecule has 1 aromatic carbocycles. The van der Waals surface area contributed by atoms with E-state index in [4.69, 9.17) is 0 Å². The molecular weight excluding hydrogens is 272 g/mol. The number of Topliss-reactive ketones (excluding diaryl/α,β-unsaturated/α-hetero) is 1. The summed E-state index contributed by atoms with van der Waals surface area (Å²) < 4.78 is 23.2. The van der Waals surface area contributed by atoms with E-state index in [2.05, 4.69) is 0 Å². The number of rotatable bonds is 4. The highest BCUT2D eigenvalue weighted by atomic mass is 32.2. The maximum absolute atomic E-state index is 11.8. The third kappa shape index (κ3) is 3.57. The summed E-state index contributed by atoms with van der Waals surface area (Å²) in [5.41, 5.74) is 3.30. The predicted molar refractivity (Wildman–Crippen MR) is 82.4 cm³/mol. The molecule has 0 fully saturated rings. The Labute approximate surface area is 121 Å². The Morgan fingerprint density at radius 3 is 2.05 bits per heavy atom. The van der Waals surface area contributed by atoms with Crippen molar-refractivity contribution in [1.29, 1.82) is 0 Å². The molecule has 0 saturated heterocycles. The molecule has 3 nitrogen and oxygen atoms in total. The fourth-order valence-corrected chi connectivity index (χ4v) is 3.52. The van der Waals surface area contributed by atoms with Crippen LogP contribution in [0.25, 0.3) is 5.57 Å². The van der Waals surface area contributed by atoms with Crippen LogP contribution >= 0.6 is 0 Å². The van der Waals surface area contributed by atoms with Gasteiger partial charge in [-0.25, -0.2) is 8.42 Å². The molecule has 0 aromatic heterocycles. The van der Waals surface area contributed by atoms with Crippen molar-refractivity contribution < 1.29 is 13.2 Å². The van der Waals surface area contributed by atoms with Gasteiger partial charge in [-0.3, -0.25) is 4.79 Å². The van der Waals surface area contributed by atoms with Gasteiger partial charge in [0.1, 0.15) is 0 Å². The average molecular weight is 294 g/mol. The largest absolute Gasteiger partial charge is 0.295 e. The van der Waals surface area contributed by atoms with Crippen LogP contribution < -0.4 is 0 Å². The van der Waals surface area contributed by atoms with Gasteiger partial charge in [0.15, 0.2) is 15.6 Å². The lowest BCUT2D eigenvalue weighted by Crippen LogP contribution is -2.07. The van der Waals surface area contributed by atoms with Crippen molar-refractivity contribution in [3.05, 3.63) is 34.9 Å². The van der Waals surface area contributed by atoms with Crippen molar-refractivity contribution in [1.82, 2.24) is 0 Å². The van der Waals surface area contributed by atoms with Crippen LogP contribution in [0.3, 0.4) is 0 Å². The number of hydrogen-bond donors (Lipinski definition) is 0. The molecule has 0 heterocycles. The Bertz CT molecular complexity index is 665. The van der Waals surface area contributed by atoms with Gasteiger partial charge in [-0.05, 0) is 49.5 Å². The third-order valence-electron chi connectivity index (χ3n) is 3.37. The normalized spacial score (nSPS) is 13.3. The van der Waals surface area contributed by atoms with Crippen LogP contribution in [0.5, 0.6) is 0 Å². The Hall–Kier alpha value is -1.42. The molecule has 0 unspecified atom stereocenters. The highest BCUT2D eigenvalue weighted by Gasteiger charge is 2.16. The second-order valence-corrected chi connectivity index (χ2v) is 7.49. The quantitative estimate of drug-likeness (QED) is 0.800. The van der Waals surface area contributed by atoms with Gasteiger partial charge in [-0.15, -0.1) is 0 Å². The SMILES string of the molecule is CC(=O)C(=C(C)c1ccc(S(C)(=O)=O)c(C)c1)C(C)C. The van der Waals surface area contributed by atoms with Crippen molar-refractivity contribution in [2.75, 3.05) is 6.26 Å². The summed E-state index contributed by atoms with van der Waals surface area (Å²) in [5.74, 6) is 0.199. The number of benzene rings is 1. The Balaban J connectivity index is 3.46. The van der Waals surface area contributed by atoms with Crippen LogP contribution in [0.15, 0.2) is 28.7 Å². The number of allylic oxidation sites excluding steroid dienone is 2. The highest BCUT2D eigenvalue weighted by molar-refractivity contribution is 7.90. The van der Waals surface area contributed by atoms with Crippen molar-refractivity contribution >= 4 is 21.2 Å². The van der Waals surface area contributed by atoms with Gasteiger partial charge >= 0.3 is 0 Å². The molecule has 0 spiro atoms. The number of carbonyl (C=O) groups is 1. The van der Waals surface area contributed by atoms with Gasteiger partial charge < -0.3 is 0 Å². The summed E-state index contributed by atoms with van der Waals surface area (Å²) in [4.78, 5) is 12.1. The second-order valence-electron chi connectivity index (χ2n) is 5.50. The Morgan fingerprint density at radius 2 is 1.70 bits per heavy atom. The minimum absolute atomic E-state index is 0.0577. The van der Waals surface area contributed by atoms with E-state index in [-0.39, 0.29) is 11.7 Å². The molecule has 0 amide bonds. The van der Waals surface area contributed by atoms with Gasteiger partial charge in [-0.1, -0.05) is 26.0 Å². The zero-order valence-electron chi connectivity index (χ0n) is 12.9. The van der Waals surface area contributed by atoms with Gasteiger partial charge in [-0.2, -0.15) is 0 Å². The number of aryl methyl sites for hydroxylation is 1. The Kier molecular flexibility index (Phi) is 4.92. The molecule has 0 aliphatic heterocycles. The standard InChI is InChI=1S/C16H22O3S/c1-10(2)16(13(5)17)12(4)14-7-8-15(11(3)9-14)20(6,18)19/h7-10H,1-6H3. The first kappa shape index (κ1) is 16.6. The van der Waals surface area contributed by atoms with Crippen molar-refractivity contribution in [2.45, 2.75) is 39.5 Å². The molecule has 1 rings (SSSR count). The van der Waals surface area contributed by atoms with E-state index >= 15 is 0 Å². The lowest BCUT2D eigenvalue weighted by atomic mass is 9.90. The van der Waals surface area contributed by atoms with E-state index in [0.717, 1.165) is 16.7 Å². The van der Waals surface area contributed by atoms with E-state index in [1.807, 2.05) is 26.8 Å². The molecule has 0 aliphatic carbocycles. The van der Waals surface area contributed by atoms with E-state index < -0.39 is 9.84 Å². The fourth-order valence-electron chi connectivity index (χ4n) is 2.56. The molecule has 0 radical (unpaired) electrons. The topological polar surface area (TPSA) is 51.2 Å². The third-order valence-corrected chi connectivity index (χ3v) is 4.63. The van der Waals surface area contributed by atoms with Crippen LogP contribution in [-0.4, -0.2) is 20.5 Å². The molecule has 0 saturated carbocycles. The van der Waals surface area contributed by atoms with Crippen LogP contribution in [0.1, 0.15) is 38.8 Å². The summed E-state index contributed by atoms with van der Waals surface area (Å²) in [5, 5.41) is 0. The molecule has 1 aromatic rings. The predicted octanol–water partition coefficient (Wildman–Crippen LogP) is 3.42. The lowest BCUT2D eigenvalue weighted by molar-refractivity contribution is -0.113. The lowest BCUT2D eigenvalue weighted by Gasteiger charge is -2.14. The zero-order chi connectivity index (χ0) is 15.7. The zero-order valence-corrected chi connectivity index (χ0v) is 13.8. The van der Waals surface area contributed by atoms with E-state index in [1.165, 1.54) is 6.26 Å². The summed E-state index contributed by atoms with van der Waals surface area (Å²) in [6, 6.07) is 5.21. The molecule has 0 aliphatic rings. The number of sulfone groups is 1. The first-order chi connectivity index (χ1) is 9.05. The molecule has 0 N–H and O–H groups in total. The molecule has 0 bridgehead atoms. The van der Waals surface area contributed by atoms with Gasteiger partial charge in [0.2, 0.25) is 0 Å². The van der Waals surface area contributed by atoms with E-state index in [1.54, 1.807) is 26.0 Å². The Morgan fingerprint density at radius 1 is 1.15 bits per heavy atom. The molecule has 0 atom stereocenters. The van der Waals surface area contributed by atoms with Gasteiger partial charge in [0.25, 0.3) is 0 Å². The summed E-state index contributed by atoms with van der Waals surface area (Å²) in [7, 11) is -3.21. The minimum atomic E-state index is -3.21. The molecular formula is C16H22O3S. The number of hydrogen-bond acceptors (Lipinski definition) is 3. The maximum Gasteiger partial charge on any atom is 0.175 e. The summed E-state index contributed by atoms with van der Waals surface area (Å²) in [6.07, 6.45) is 1.20. The second kappa shape index (κ2) is 5.92. The first-order valence-electron chi connectivity index (χ1n) is 6.58. The van der Waals surface area contributed by atoms with Crippen LogP contribution in [0.2, 0.25) is 0 Å².